The number of carbonyl (C=O) groups excluding carboxylic acids is 1. The Kier molecular flexibility index (Phi) is 8.09. The topological polar surface area (TPSA) is 65.0 Å². The van der Waals surface area contributed by atoms with E-state index in [-0.39, 0.29) is 0 Å². The van der Waals surface area contributed by atoms with Crippen molar-refractivity contribution in [3.05, 3.63) is 89.0 Å². The van der Waals surface area contributed by atoms with Crippen LogP contribution < -0.4 is 0 Å². The Balaban J connectivity index is 2.01. The summed E-state index contributed by atoms with van der Waals surface area (Å²) in [5.41, 5.74) is -12.0. The van der Waals surface area contributed by atoms with Crippen LogP contribution in [-0.4, -0.2) is 20.9 Å². The molecule has 5 aromatic rings. The van der Waals surface area contributed by atoms with Crippen molar-refractivity contribution in [3.8, 4) is 22.3 Å². The SMILES string of the molecule is CC(=O)OCc1nccc(-c2cc(C(F)(F)F)nc3c(C(F)(F)F)cccc23)c1-c1cc(C(F)(F)F)nc2c(C(F)(F)F)cccc12. The van der Waals surface area contributed by atoms with Gasteiger partial charge in [-0.05, 0) is 47.0 Å². The Labute approximate surface area is 254 Å². The first kappa shape index (κ1) is 33.4. The zero-order valence-electron chi connectivity index (χ0n) is 23.2. The Hall–Kier alpha value is -4.96. The Bertz CT molecular complexity index is 2030. The molecule has 5 rings (SSSR count). The molecule has 0 spiro atoms. The maximum Gasteiger partial charge on any atom is 0.433 e. The molecular weight excluding hydrogens is 662 g/mol. The molecule has 0 atom stereocenters. The molecule has 0 aliphatic carbocycles. The largest absolute Gasteiger partial charge is 0.459 e. The van der Waals surface area contributed by atoms with Crippen molar-refractivity contribution in [2.24, 2.45) is 0 Å². The highest BCUT2D eigenvalue weighted by Gasteiger charge is 2.40. The molecule has 0 bridgehead atoms. The Morgan fingerprint density at radius 1 is 0.638 bits per heavy atom. The number of hydrogen-bond donors (Lipinski definition) is 0. The van der Waals surface area contributed by atoms with Crippen molar-refractivity contribution in [3.63, 3.8) is 0 Å². The number of para-hydroxylation sites is 2. The van der Waals surface area contributed by atoms with Gasteiger partial charge in [0.15, 0.2) is 0 Å². The molecule has 2 aromatic carbocycles. The molecule has 0 aliphatic rings. The van der Waals surface area contributed by atoms with Gasteiger partial charge in [0.2, 0.25) is 0 Å². The number of rotatable bonds is 4. The number of alkyl halides is 12. The van der Waals surface area contributed by atoms with Crippen molar-refractivity contribution in [1.29, 1.82) is 0 Å². The van der Waals surface area contributed by atoms with Crippen LogP contribution in [0.4, 0.5) is 52.7 Å². The number of nitrogens with zero attached hydrogens (tertiary/aromatic N) is 3. The van der Waals surface area contributed by atoms with Crippen LogP contribution in [-0.2, 0) is 40.8 Å². The van der Waals surface area contributed by atoms with Crippen LogP contribution in [0.15, 0.2) is 60.8 Å². The molecule has 0 unspecified atom stereocenters. The van der Waals surface area contributed by atoms with Gasteiger partial charge in [0.25, 0.3) is 0 Å². The minimum atomic E-state index is -5.35. The number of ether oxygens (including phenoxy) is 1. The third-order valence-corrected chi connectivity index (χ3v) is 6.87. The average Bonchev–Trinajstić information content (AvgIpc) is 2.96. The number of hydrogen-bond acceptors (Lipinski definition) is 5. The Morgan fingerprint density at radius 2 is 1.11 bits per heavy atom. The van der Waals surface area contributed by atoms with Gasteiger partial charge >= 0.3 is 30.7 Å². The van der Waals surface area contributed by atoms with Gasteiger partial charge in [0.05, 0.1) is 27.9 Å². The molecular formula is C30H15F12N3O2. The van der Waals surface area contributed by atoms with Crippen molar-refractivity contribution in [2.75, 3.05) is 0 Å². The lowest BCUT2D eigenvalue weighted by Crippen LogP contribution is -2.13. The van der Waals surface area contributed by atoms with Crippen LogP contribution >= 0.6 is 0 Å². The normalized spacial score (nSPS) is 13.0. The molecule has 47 heavy (non-hydrogen) atoms. The van der Waals surface area contributed by atoms with E-state index in [0.717, 1.165) is 43.5 Å². The fraction of sp³-hybridized carbons (Fsp3) is 0.200. The molecule has 0 N–H and O–H groups in total. The molecule has 3 heterocycles. The molecule has 3 aromatic heterocycles. The number of benzene rings is 2. The van der Waals surface area contributed by atoms with E-state index in [1.54, 1.807) is 0 Å². The number of carbonyl (C=O) groups is 1. The highest BCUT2D eigenvalue weighted by atomic mass is 19.4. The quantitative estimate of drug-likeness (QED) is 0.140. The molecule has 5 nitrogen and oxygen atoms in total. The van der Waals surface area contributed by atoms with Crippen LogP contribution in [0.1, 0.15) is 35.1 Å². The highest BCUT2D eigenvalue weighted by molar-refractivity contribution is 6.05. The van der Waals surface area contributed by atoms with E-state index in [2.05, 4.69) is 15.0 Å². The number of esters is 1. The average molecular weight is 677 g/mol. The Morgan fingerprint density at radius 3 is 1.55 bits per heavy atom. The maximum atomic E-state index is 14.1. The number of halogens is 12. The van der Waals surface area contributed by atoms with Crippen LogP contribution in [0.25, 0.3) is 44.1 Å². The van der Waals surface area contributed by atoms with Crippen LogP contribution in [0.2, 0.25) is 0 Å². The second kappa shape index (κ2) is 11.4. The summed E-state index contributed by atoms with van der Waals surface area (Å²) in [6.07, 6.45) is -20.2. The summed E-state index contributed by atoms with van der Waals surface area (Å²) in [4.78, 5) is 22.0. The van der Waals surface area contributed by atoms with E-state index in [4.69, 9.17) is 4.74 Å². The van der Waals surface area contributed by atoms with Gasteiger partial charge in [0.1, 0.15) is 18.0 Å². The van der Waals surface area contributed by atoms with Gasteiger partial charge < -0.3 is 4.74 Å². The third-order valence-electron chi connectivity index (χ3n) is 6.87. The first-order chi connectivity index (χ1) is 21.7. The first-order valence-corrected chi connectivity index (χ1v) is 13.0. The summed E-state index contributed by atoms with van der Waals surface area (Å²) in [6.45, 7) is 0.0962. The van der Waals surface area contributed by atoms with Crippen LogP contribution in [0.5, 0.6) is 0 Å². The lowest BCUT2D eigenvalue weighted by atomic mass is 9.88. The van der Waals surface area contributed by atoms with E-state index < -0.39 is 110 Å². The molecule has 0 aliphatic heterocycles. The van der Waals surface area contributed by atoms with Gasteiger partial charge in [-0.3, -0.25) is 9.78 Å². The van der Waals surface area contributed by atoms with Gasteiger partial charge in [-0.2, -0.15) is 52.7 Å². The summed E-state index contributed by atoms with van der Waals surface area (Å²) in [5.74, 6) is -0.943. The predicted octanol–water partition coefficient (Wildman–Crippen LogP) is 9.65. The molecule has 0 radical (unpaired) electrons. The molecule has 246 valence electrons. The summed E-state index contributed by atoms with van der Waals surface area (Å²) in [6, 6.07) is 6.24. The predicted molar refractivity (Wildman–Crippen MR) is 141 cm³/mol. The van der Waals surface area contributed by atoms with Gasteiger partial charge in [-0.25, -0.2) is 9.97 Å². The van der Waals surface area contributed by atoms with Crippen molar-refractivity contribution >= 4 is 27.8 Å². The monoisotopic (exact) mass is 677 g/mol. The maximum absolute atomic E-state index is 14.1. The summed E-state index contributed by atoms with van der Waals surface area (Å²) in [7, 11) is 0. The first-order valence-electron chi connectivity index (χ1n) is 13.0. The van der Waals surface area contributed by atoms with Gasteiger partial charge in [0, 0.05) is 29.5 Å². The fourth-order valence-corrected chi connectivity index (χ4v) is 4.98. The standard InChI is InChI=1S/C30H15F12N3O2/c1-13(46)47-12-21-24(18-11-23(30(40,41)42)45-26-16(18)5-3-7-20(26)28(34,35)36)14(8-9-43-21)17-10-22(29(37,38)39)44-25-15(17)4-2-6-19(25)27(31,32)33/h2-11H,12H2,1H3. The highest BCUT2D eigenvalue weighted by Crippen LogP contribution is 2.46. The summed E-state index contributed by atoms with van der Waals surface area (Å²) < 4.78 is 173. The third kappa shape index (κ3) is 6.51. The number of fused-ring (bicyclic) bond motifs is 2. The molecule has 17 heteroatoms. The van der Waals surface area contributed by atoms with Crippen LogP contribution in [0, 0.1) is 0 Å². The molecule has 0 saturated carbocycles. The van der Waals surface area contributed by atoms with E-state index in [1.165, 1.54) is 0 Å². The van der Waals surface area contributed by atoms with Crippen molar-refractivity contribution in [2.45, 2.75) is 38.2 Å². The summed E-state index contributed by atoms with van der Waals surface area (Å²) >= 11 is 0. The minimum Gasteiger partial charge on any atom is -0.459 e. The van der Waals surface area contributed by atoms with E-state index in [1.807, 2.05) is 0 Å². The second-order valence-electron chi connectivity index (χ2n) is 9.97. The fourth-order valence-electron chi connectivity index (χ4n) is 4.98. The molecule has 0 fully saturated rings. The van der Waals surface area contributed by atoms with Gasteiger partial charge in [-0.15, -0.1) is 0 Å². The van der Waals surface area contributed by atoms with E-state index >= 15 is 0 Å². The van der Waals surface area contributed by atoms with Crippen molar-refractivity contribution < 1.29 is 62.2 Å². The zero-order valence-corrected chi connectivity index (χ0v) is 23.2. The minimum absolute atomic E-state index is 0.329. The zero-order chi connectivity index (χ0) is 34.7. The lowest BCUT2D eigenvalue weighted by molar-refractivity contribution is -0.142. The van der Waals surface area contributed by atoms with Gasteiger partial charge in [-0.1, -0.05) is 24.3 Å². The number of aromatic nitrogens is 3. The lowest BCUT2D eigenvalue weighted by Gasteiger charge is -2.21. The second-order valence-corrected chi connectivity index (χ2v) is 9.97. The summed E-state index contributed by atoms with van der Waals surface area (Å²) in [5, 5.41) is -1.11. The van der Waals surface area contributed by atoms with Crippen molar-refractivity contribution in [1.82, 2.24) is 15.0 Å². The molecule has 0 saturated heterocycles. The smallest absolute Gasteiger partial charge is 0.433 e. The molecule has 0 amide bonds. The van der Waals surface area contributed by atoms with Crippen LogP contribution in [0.3, 0.4) is 0 Å². The van der Waals surface area contributed by atoms with E-state index in [0.29, 0.717) is 24.3 Å². The number of pyridine rings is 3. The van der Waals surface area contributed by atoms with E-state index in [9.17, 15) is 57.5 Å².